The topological polar surface area (TPSA) is 51.1 Å². The standard InChI is InChI=1S/C20H26N4O/c1-2-7-17(6-1)19-9-11-22-20(23-19)24-12-4-8-18(14-24)25-15-16-5-3-10-21-13-16/h3,5,9-11,13,17-18H,1-2,4,6-8,12,14-15H2/t18-/m0/s1. The summed E-state index contributed by atoms with van der Waals surface area (Å²) in [7, 11) is 0. The van der Waals surface area contributed by atoms with Crippen LogP contribution in [0.5, 0.6) is 0 Å². The Labute approximate surface area is 149 Å². The van der Waals surface area contributed by atoms with E-state index in [-0.39, 0.29) is 6.10 Å². The Morgan fingerprint density at radius 1 is 1.08 bits per heavy atom. The Bertz CT molecular complexity index is 672. The predicted molar refractivity (Wildman–Crippen MR) is 97.5 cm³/mol. The van der Waals surface area contributed by atoms with Gasteiger partial charge in [-0.2, -0.15) is 0 Å². The molecule has 3 heterocycles. The summed E-state index contributed by atoms with van der Waals surface area (Å²) >= 11 is 0. The molecule has 2 aromatic heterocycles. The molecule has 2 fully saturated rings. The molecular formula is C20H26N4O. The highest BCUT2D eigenvalue weighted by Crippen LogP contribution is 2.33. The van der Waals surface area contributed by atoms with Crippen LogP contribution in [0, 0.1) is 0 Å². The largest absolute Gasteiger partial charge is 0.372 e. The molecule has 1 atom stereocenters. The molecule has 132 valence electrons. The predicted octanol–water partition coefficient (Wildman–Crippen LogP) is 3.71. The third-order valence-electron chi connectivity index (χ3n) is 5.31. The first kappa shape index (κ1) is 16.5. The molecule has 0 aromatic carbocycles. The Kier molecular flexibility index (Phi) is 5.21. The number of hydrogen-bond donors (Lipinski definition) is 0. The van der Waals surface area contributed by atoms with Crippen LogP contribution in [-0.4, -0.2) is 34.1 Å². The van der Waals surface area contributed by atoms with Crippen LogP contribution in [-0.2, 0) is 11.3 Å². The van der Waals surface area contributed by atoms with Crippen LogP contribution in [0.2, 0.25) is 0 Å². The van der Waals surface area contributed by atoms with E-state index in [1.54, 1.807) is 6.20 Å². The summed E-state index contributed by atoms with van der Waals surface area (Å²) in [6.45, 7) is 2.50. The highest BCUT2D eigenvalue weighted by Gasteiger charge is 2.24. The summed E-state index contributed by atoms with van der Waals surface area (Å²) in [6.07, 6.45) is 13.2. The Balaban J connectivity index is 1.38. The van der Waals surface area contributed by atoms with Gasteiger partial charge in [0, 0.05) is 43.3 Å². The maximum Gasteiger partial charge on any atom is 0.225 e. The molecule has 0 amide bonds. The fraction of sp³-hybridized carbons (Fsp3) is 0.550. The van der Waals surface area contributed by atoms with Crippen molar-refractivity contribution in [3.63, 3.8) is 0 Å². The minimum atomic E-state index is 0.229. The summed E-state index contributed by atoms with van der Waals surface area (Å²) in [5, 5.41) is 0. The van der Waals surface area contributed by atoms with Crippen molar-refractivity contribution in [2.45, 2.75) is 57.2 Å². The highest BCUT2D eigenvalue weighted by molar-refractivity contribution is 5.32. The molecule has 1 aliphatic heterocycles. The number of hydrogen-bond acceptors (Lipinski definition) is 5. The number of aromatic nitrogens is 3. The minimum Gasteiger partial charge on any atom is -0.372 e. The van der Waals surface area contributed by atoms with Gasteiger partial charge in [-0.05, 0) is 43.4 Å². The number of pyridine rings is 1. The van der Waals surface area contributed by atoms with Crippen LogP contribution in [0.25, 0.3) is 0 Å². The molecule has 1 saturated carbocycles. The first-order chi connectivity index (χ1) is 12.4. The summed E-state index contributed by atoms with van der Waals surface area (Å²) in [4.78, 5) is 15.9. The van der Waals surface area contributed by atoms with Crippen LogP contribution in [0.3, 0.4) is 0 Å². The minimum absolute atomic E-state index is 0.229. The number of rotatable bonds is 5. The smallest absolute Gasteiger partial charge is 0.225 e. The number of piperidine rings is 1. The molecule has 1 aliphatic carbocycles. The first-order valence-electron chi connectivity index (χ1n) is 9.47. The van der Waals surface area contributed by atoms with Crippen molar-refractivity contribution in [2.24, 2.45) is 0 Å². The van der Waals surface area contributed by atoms with Gasteiger partial charge in [0.1, 0.15) is 0 Å². The highest BCUT2D eigenvalue weighted by atomic mass is 16.5. The Hall–Kier alpha value is -2.01. The molecule has 5 heteroatoms. The zero-order valence-electron chi connectivity index (χ0n) is 14.7. The van der Waals surface area contributed by atoms with E-state index >= 15 is 0 Å². The molecule has 2 aromatic rings. The van der Waals surface area contributed by atoms with Gasteiger partial charge in [-0.15, -0.1) is 0 Å². The molecule has 0 spiro atoms. The van der Waals surface area contributed by atoms with Crippen molar-refractivity contribution in [1.82, 2.24) is 15.0 Å². The Morgan fingerprint density at radius 2 is 2.00 bits per heavy atom. The molecule has 1 saturated heterocycles. The summed E-state index contributed by atoms with van der Waals surface area (Å²) < 4.78 is 6.11. The van der Waals surface area contributed by atoms with Gasteiger partial charge < -0.3 is 9.64 Å². The zero-order valence-corrected chi connectivity index (χ0v) is 14.7. The van der Waals surface area contributed by atoms with Gasteiger partial charge in [0.15, 0.2) is 0 Å². The van der Waals surface area contributed by atoms with E-state index in [1.165, 1.54) is 31.4 Å². The summed E-state index contributed by atoms with van der Waals surface area (Å²) in [6, 6.07) is 6.11. The SMILES string of the molecule is c1cncc(CO[C@H]2CCCN(c3nccc(C4CCCC4)n3)C2)c1. The van der Waals surface area contributed by atoms with Gasteiger partial charge >= 0.3 is 0 Å². The van der Waals surface area contributed by atoms with Gasteiger partial charge in [0.05, 0.1) is 12.7 Å². The third kappa shape index (κ3) is 4.15. The van der Waals surface area contributed by atoms with Crippen molar-refractivity contribution in [3.05, 3.63) is 48.0 Å². The van der Waals surface area contributed by atoms with Crippen molar-refractivity contribution in [2.75, 3.05) is 18.0 Å². The van der Waals surface area contributed by atoms with Crippen molar-refractivity contribution in [3.8, 4) is 0 Å². The van der Waals surface area contributed by atoms with Crippen LogP contribution in [0.15, 0.2) is 36.8 Å². The molecule has 0 bridgehead atoms. The summed E-state index contributed by atoms with van der Waals surface area (Å²) in [5.74, 6) is 1.50. The van der Waals surface area contributed by atoms with Crippen molar-refractivity contribution < 1.29 is 4.74 Å². The lowest BCUT2D eigenvalue weighted by atomic mass is 10.0. The molecule has 0 N–H and O–H groups in total. The lowest BCUT2D eigenvalue weighted by molar-refractivity contribution is 0.0311. The monoisotopic (exact) mass is 338 g/mol. The summed E-state index contributed by atoms with van der Waals surface area (Å²) in [5.41, 5.74) is 2.35. The maximum atomic E-state index is 6.11. The van der Waals surface area contributed by atoms with Crippen LogP contribution >= 0.6 is 0 Å². The van der Waals surface area contributed by atoms with Crippen LogP contribution in [0.4, 0.5) is 5.95 Å². The average Bonchev–Trinajstić information content (AvgIpc) is 3.22. The molecule has 0 unspecified atom stereocenters. The molecule has 5 nitrogen and oxygen atoms in total. The molecule has 0 radical (unpaired) electrons. The third-order valence-corrected chi connectivity index (χ3v) is 5.31. The van der Waals surface area contributed by atoms with Crippen LogP contribution in [0.1, 0.15) is 55.7 Å². The van der Waals surface area contributed by atoms with Gasteiger partial charge in [-0.25, -0.2) is 9.97 Å². The van der Waals surface area contributed by atoms with E-state index in [1.807, 2.05) is 18.5 Å². The van der Waals surface area contributed by atoms with Crippen molar-refractivity contribution in [1.29, 1.82) is 0 Å². The van der Waals surface area contributed by atoms with Crippen LogP contribution < -0.4 is 4.90 Å². The van der Waals surface area contributed by atoms with Gasteiger partial charge in [-0.3, -0.25) is 4.98 Å². The van der Waals surface area contributed by atoms with E-state index in [9.17, 15) is 0 Å². The van der Waals surface area contributed by atoms with E-state index in [0.29, 0.717) is 12.5 Å². The second-order valence-electron chi connectivity index (χ2n) is 7.15. The van der Waals surface area contributed by atoms with E-state index in [0.717, 1.165) is 37.4 Å². The maximum absolute atomic E-state index is 6.11. The van der Waals surface area contributed by atoms with Gasteiger partial charge in [0.25, 0.3) is 0 Å². The van der Waals surface area contributed by atoms with E-state index in [4.69, 9.17) is 9.72 Å². The van der Waals surface area contributed by atoms with Crippen molar-refractivity contribution >= 4 is 5.95 Å². The fourth-order valence-corrected chi connectivity index (χ4v) is 3.92. The lowest BCUT2D eigenvalue weighted by Gasteiger charge is -2.33. The zero-order chi connectivity index (χ0) is 16.9. The molecule has 25 heavy (non-hydrogen) atoms. The molecule has 2 aliphatic rings. The number of anilines is 1. The second-order valence-corrected chi connectivity index (χ2v) is 7.15. The Morgan fingerprint density at radius 3 is 2.84 bits per heavy atom. The normalized spacial score (nSPS) is 21.6. The fourth-order valence-electron chi connectivity index (χ4n) is 3.92. The van der Waals surface area contributed by atoms with Gasteiger partial charge in [-0.1, -0.05) is 18.9 Å². The number of ether oxygens (including phenoxy) is 1. The van der Waals surface area contributed by atoms with E-state index in [2.05, 4.69) is 27.0 Å². The quantitative estimate of drug-likeness (QED) is 0.832. The number of nitrogens with zero attached hydrogens (tertiary/aromatic N) is 4. The molecule has 4 rings (SSSR count). The first-order valence-corrected chi connectivity index (χ1v) is 9.47. The average molecular weight is 338 g/mol. The lowest BCUT2D eigenvalue weighted by Crippen LogP contribution is -2.40. The molecular weight excluding hydrogens is 312 g/mol. The van der Waals surface area contributed by atoms with E-state index < -0.39 is 0 Å². The second kappa shape index (κ2) is 7.91. The van der Waals surface area contributed by atoms with Gasteiger partial charge in [0.2, 0.25) is 5.95 Å².